The number of benzene rings is 2. The molecule has 2 aliphatic heterocycles. The van der Waals surface area contributed by atoms with Gasteiger partial charge in [-0.1, -0.05) is 37.5 Å². The van der Waals surface area contributed by atoms with Crippen LogP contribution < -0.4 is 10.2 Å². The third-order valence-corrected chi connectivity index (χ3v) is 8.57. The van der Waals surface area contributed by atoms with E-state index in [-0.39, 0.29) is 49.6 Å². The summed E-state index contributed by atoms with van der Waals surface area (Å²) in [5, 5.41) is 3.02. The van der Waals surface area contributed by atoms with Crippen molar-refractivity contribution in [1.82, 2.24) is 15.1 Å². The van der Waals surface area contributed by atoms with E-state index in [2.05, 4.69) is 5.32 Å². The second kappa shape index (κ2) is 11.5. The Balaban J connectivity index is 1.27. The molecule has 3 fully saturated rings. The van der Waals surface area contributed by atoms with Crippen LogP contribution in [0.2, 0.25) is 0 Å². The van der Waals surface area contributed by atoms with Gasteiger partial charge in [0.05, 0.1) is 12.2 Å². The van der Waals surface area contributed by atoms with E-state index in [1.54, 1.807) is 9.80 Å². The fourth-order valence-corrected chi connectivity index (χ4v) is 6.27. The quantitative estimate of drug-likeness (QED) is 0.561. The van der Waals surface area contributed by atoms with Crippen LogP contribution in [0.25, 0.3) is 0 Å². The van der Waals surface area contributed by atoms with E-state index in [1.165, 1.54) is 31.4 Å². The number of carbonyl (C=O) groups is 3. The first-order valence-electron chi connectivity index (χ1n) is 14.0. The Hall–Kier alpha value is -3.56. The molecule has 0 atom stereocenters. The first-order chi connectivity index (χ1) is 19.2. The zero-order chi connectivity index (χ0) is 28.3. The van der Waals surface area contributed by atoms with Crippen LogP contribution in [0, 0.1) is 5.92 Å². The lowest BCUT2D eigenvalue weighted by atomic mass is 9.85. The van der Waals surface area contributed by atoms with Gasteiger partial charge >= 0.3 is 6.18 Å². The van der Waals surface area contributed by atoms with Gasteiger partial charge in [-0.25, -0.2) is 0 Å². The molecular formula is C30H35F3N4O3. The van der Waals surface area contributed by atoms with E-state index in [0.717, 1.165) is 30.7 Å². The Kier molecular flexibility index (Phi) is 8.05. The summed E-state index contributed by atoms with van der Waals surface area (Å²) in [7, 11) is 0. The van der Waals surface area contributed by atoms with Crippen molar-refractivity contribution in [3.8, 4) is 0 Å². The highest BCUT2D eigenvalue weighted by atomic mass is 19.4. The Morgan fingerprint density at radius 1 is 0.925 bits per heavy atom. The number of hydrogen-bond donors (Lipinski definition) is 1. The fraction of sp³-hybridized carbons (Fsp3) is 0.500. The van der Waals surface area contributed by atoms with Crippen LogP contribution in [0.4, 0.5) is 18.9 Å². The summed E-state index contributed by atoms with van der Waals surface area (Å²) in [5.41, 5.74) is -0.664. The van der Waals surface area contributed by atoms with Gasteiger partial charge in [-0.2, -0.15) is 13.2 Å². The molecule has 1 N–H and O–H groups in total. The molecule has 2 aromatic carbocycles. The zero-order valence-electron chi connectivity index (χ0n) is 22.5. The van der Waals surface area contributed by atoms with E-state index in [1.807, 2.05) is 35.2 Å². The molecule has 1 spiro atoms. The number of anilines is 1. The van der Waals surface area contributed by atoms with E-state index in [9.17, 15) is 27.6 Å². The minimum Gasteiger partial charge on any atom is -0.354 e. The average Bonchev–Trinajstić information content (AvgIpc) is 3.23. The van der Waals surface area contributed by atoms with Gasteiger partial charge in [-0.05, 0) is 68.0 Å². The van der Waals surface area contributed by atoms with Crippen LogP contribution in [0.3, 0.4) is 0 Å². The lowest BCUT2D eigenvalue weighted by Crippen LogP contribution is -2.57. The van der Waals surface area contributed by atoms with E-state index < -0.39 is 17.3 Å². The Bertz CT molecular complexity index is 1200. The highest BCUT2D eigenvalue weighted by Crippen LogP contribution is 2.40. The fourth-order valence-electron chi connectivity index (χ4n) is 6.27. The molecule has 2 saturated heterocycles. The molecule has 2 aromatic rings. The summed E-state index contributed by atoms with van der Waals surface area (Å²) in [6.45, 7) is 1.43. The smallest absolute Gasteiger partial charge is 0.354 e. The maximum absolute atomic E-state index is 13.9. The summed E-state index contributed by atoms with van der Waals surface area (Å²) in [6.07, 6.45) is 2.11. The lowest BCUT2D eigenvalue weighted by molar-refractivity contribution is -0.137. The third-order valence-electron chi connectivity index (χ3n) is 8.57. The largest absolute Gasteiger partial charge is 0.416 e. The van der Waals surface area contributed by atoms with Crippen molar-refractivity contribution in [2.24, 2.45) is 5.92 Å². The van der Waals surface area contributed by atoms with Gasteiger partial charge < -0.3 is 20.0 Å². The van der Waals surface area contributed by atoms with Gasteiger partial charge in [0.25, 0.3) is 11.8 Å². The van der Waals surface area contributed by atoms with Gasteiger partial charge in [0.2, 0.25) is 5.91 Å². The van der Waals surface area contributed by atoms with Crippen molar-refractivity contribution < 1.29 is 27.6 Å². The number of hydrogen-bond acceptors (Lipinski definition) is 4. The van der Waals surface area contributed by atoms with Crippen molar-refractivity contribution in [3.05, 3.63) is 65.7 Å². The van der Waals surface area contributed by atoms with Gasteiger partial charge in [0.1, 0.15) is 12.1 Å². The molecule has 0 unspecified atom stereocenters. The Labute approximate surface area is 232 Å². The molecule has 1 saturated carbocycles. The van der Waals surface area contributed by atoms with Crippen LogP contribution in [0.15, 0.2) is 54.6 Å². The number of nitrogens with zero attached hydrogens (tertiary/aromatic N) is 3. The molecule has 0 aromatic heterocycles. The Morgan fingerprint density at radius 3 is 2.20 bits per heavy atom. The number of carbonyl (C=O) groups excluding carboxylic acids is 3. The number of amides is 3. The maximum Gasteiger partial charge on any atom is 0.416 e. The molecular weight excluding hydrogens is 521 g/mol. The highest BCUT2D eigenvalue weighted by Gasteiger charge is 2.54. The molecule has 5 rings (SSSR count). The predicted molar refractivity (Wildman–Crippen MR) is 144 cm³/mol. The van der Waals surface area contributed by atoms with Crippen molar-refractivity contribution in [2.45, 2.75) is 56.7 Å². The predicted octanol–water partition coefficient (Wildman–Crippen LogP) is 4.68. The SMILES string of the molecule is O=C(CN1CN(c2ccccc2)C2(CCN(C(=O)c3ccc(C(F)(F)F)cc3)CC2)C1=O)NCC1CCCCC1. The van der Waals surface area contributed by atoms with Crippen LogP contribution in [-0.4, -0.2) is 65.9 Å². The minimum absolute atomic E-state index is 0.0230. The molecule has 2 heterocycles. The zero-order valence-corrected chi connectivity index (χ0v) is 22.5. The number of nitrogens with one attached hydrogen (secondary N) is 1. The van der Waals surface area contributed by atoms with E-state index in [0.29, 0.717) is 25.3 Å². The number of piperidine rings is 1. The second-order valence-electron chi connectivity index (χ2n) is 11.1. The van der Waals surface area contributed by atoms with Crippen molar-refractivity contribution in [3.63, 3.8) is 0 Å². The van der Waals surface area contributed by atoms with Gasteiger partial charge in [-0.3, -0.25) is 14.4 Å². The summed E-state index contributed by atoms with van der Waals surface area (Å²) in [6, 6.07) is 13.8. The highest BCUT2D eigenvalue weighted by molar-refractivity contribution is 5.97. The van der Waals surface area contributed by atoms with Gasteiger partial charge in [0, 0.05) is 30.9 Å². The molecule has 40 heavy (non-hydrogen) atoms. The summed E-state index contributed by atoms with van der Waals surface area (Å²) < 4.78 is 38.8. The average molecular weight is 557 g/mol. The maximum atomic E-state index is 13.9. The molecule has 0 radical (unpaired) electrons. The van der Waals surface area contributed by atoms with Gasteiger partial charge in [0.15, 0.2) is 0 Å². The molecule has 0 bridgehead atoms. The minimum atomic E-state index is -4.47. The second-order valence-corrected chi connectivity index (χ2v) is 11.1. The van der Waals surface area contributed by atoms with E-state index in [4.69, 9.17) is 0 Å². The van der Waals surface area contributed by atoms with Crippen molar-refractivity contribution >= 4 is 23.4 Å². The summed E-state index contributed by atoms with van der Waals surface area (Å²) >= 11 is 0. The lowest BCUT2D eigenvalue weighted by Gasteiger charge is -2.43. The number of likely N-dealkylation sites (tertiary alicyclic amines) is 1. The van der Waals surface area contributed by atoms with Crippen LogP contribution in [0.1, 0.15) is 60.9 Å². The molecule has 7 nitrogen and oxygen atoms in total. The van der Waals surface area contributed by atoms with Crippen molar-refractivity contribution in [1.29, 1.82) is 0 Å². The molecule has 3 aliphatic rings. The van der Waals surface area contributed by atoms with E-state index >= 15 is 0 Å². The molecule has 214 valence electrons. The normalized spacial score (nSPS) is 19.8. The monoisotopic (exact) mass is 556 g/mol. The molecule has 10 heteroatoms. The topological polar surface area (TPSA) is 73.0 Å². The summed E-state index contributed by atoms with van der Waals surface area (Å²) in [4.78, 5) is 45.0. The van der Waals surface area contributed by atoms with Crippen molar-refractivity contribution in [2.75, 3.05) is 37.7 Å². The van der Waals surface area contributed by atoms with Crippen LogP contribution in [-0.2, 0) is 15.8 Å². The number of alkyl halides is 3. The first kappa shape index (κ1) is 28.0. The third kappa shape index (κ3) is 5.81. The standard InChI is InChI=1S/C30H35F3N4O3/c31-30(32,33)24-13-11-23(12-14-24)27(39)35-17-15-29(16-18-35)28(40)36(21-37(29)25-9-5-2-6-10-25)20-26(38)34-19-22-7-3-1-4-8-22/h2,5-6,9-14,22H,1,3-4,7-8,15-21H2,(H,34,38). The first-order valence-corrected chi connectivity index (χ1v) is 14.0. The number of para-hydroxylation sites is 1. The molecule has 3 amide bonds. The summed E-state index contributed by atoms with van der Waals surface area (Å²) in [5.74, 6) is -0.172. The number of rotatable bonds is 6. The van der Waals surface area contributed by atoms with Gasteiger partial charge in [-0.15, -0.1) is 0 Å². The number of halogens is 3. The van der Waals surface area contributed by atoms with Crippen LogP contribution in [0.5, 0.6) is 0 Å². The molecule has 1 aliphatic carbocycles. The van der Waals surface area contributed by atoms with Crippen LogP contribution >= 0.6 is 0 Å². The Morgan fingerprint density at radius 2 is 1.57 bits per heavy atom.